The molecule has 158 valence electrons. The highest BCUT2D eigenvalue weighted by atomic mass is 16.3. The number of ketones is 1. The normalized spacial score (nSPS) is 11.8. The second kappa shape index (κ2) is 7.64. The van der Waals surface area contributed by atoms with Crippen molar-refractivity contribution in [2.24, 2.45) is 0 Å². The molecule has 1 N–H and O–H groups in total. The van der Waals surface area contributed by atoms with Crippen molar-refractivity contribution >= 4 is 50.7 Å². The second-order valence-electron chi connectivity index (χ2n) is 8.32. The molecule has 3 heteroatoms. The zero-order valence-corrected chi connectivity index (χ0v) is 18.1. The van der Waals surface area contributed by atoms with Crippen LogP contribution < -0.4 is 0 Å². The third-order valence-corrected chi connectivity index (χ3v) is 6.11. The number of benzene rings is 4. The summed E-state index contributed by atoms with van der Waals surface area (Å²) in [6.07, 6.45) is 4.00. The number of hydrogen-bond donors (Lipinski definition) is 1. The first-order chi connectivity index (χ1) is 16.2. The summed E-state index contributed by atoms with van der Waals surface area (Å²) < 4.78 is 6.34. The Bertz CT molecular complexity index is 1670. The molecule has 0 unspecified atom stereocenters. The molecular formula is C30H21NO2. The maximum Gasteiger partial charge on any atom is 0.228 e. The number of aryl methyl sites for hydroxylation is 1. The van der Waals surface area contributed by atoms with Crippen LogP contribution in [0.1, 0.15) is 32.8 Å². The molecular weight excluding hydrogens is 406 g/mol. The van der Waals surface area contributed by atoms with Crippen LogP contribution in [0.3, 0.4) is 0 Å². The molecule has 2 heterocycles. The number of H-pyrrole nitrogens is 1. The van der Waals surface area contributed by atoms with Crippen LogP contribution in [0.5, 0.6) is 0 Å². The number of furan rings is 1. The molecule has 0 aliphatic rings. The van der Waals surface area contributed by atoms with Crippen molar-refractivity contribution in [1.82, 2.24) is 4.98 Å². The topological polar surface area (TPSA) is 46.0 Å². The SMILES string of the molecule is Cc1ccc2c(c1)[nH]c1c2ccc2c(/C=C/c3ccccc3)c(C(=O)c3ccccc3)oc21. The molecule has 0 spiro atoms. The van der Waals surface area contributed by atoms with Crippen LogP contribution in [0.25, 0.3) is 44.9 Å². The quantitative estimate of drug-likeness (QED) is 0.292. The lowest BCUT2D eigenvalue weighted by Gasteiger charge is -1.99. The fourth-order valence-corrected chi connectivity index (χ4v) is 4.46. The van der Waals surface area contributed by atoms with Crippen LogP contribution in [0.4, 0.5) is 0 Å². The lowest BCUT2D eigenvalue weighted by Crippen LogP contribution is -2.01. The van der Waals surface area contributed by atoms with Gasteiger partial charge in [-0.3, -0.25) is 4.79 Å². The molecule has 4 aromatic carbocycles. The van der Waals surface area contributed by atoms with Gasteiger partial charge in [-0.25, -0.2) is 0 Å². The monoisotopic (exact) mass is 427 g/mol. The Morgan fingerprint density at radius 2 is 1.48 bits per heavy atom. The third-order valence-electron chi connectivity index (χ3n) is 6.11. The maximum atomic E-state index is 13.5. The van der Waals surface area contributed by atoms with Gasteiger partial charge in [0.1, 0.15) is 0 Å². The summed E-state index contributed by atoms with van der Waals surface area (Å²) in [6, 6.07) is 29.9. The first-order valence-electron chi connectivity index (χ1n) is 11.0. The maximum absolute atomic E-state index is 13.5. The van der Waals surface area contributed by atoms with E-state index in [1.54, 1.807) is 0 Å². The highest BCUT2D eigenvalue weighted by Crippen LogP contribution is 2.37. The van der Waals surface area contributed by atoms with Gasteiger partial charge in [-0.05, 0) is 36.3 Å². The summed E-state index contributed by atoms with van der Waals surface area (Å²) in [7, 11) is 0. The number of fused-ring (bicyclic) bond motifs is 5. The van der Waals surface area contributed by atoms with Gasteiger partial charge in [-0.1, -0.05) is 84.9 Å². The minimum atomic E-state index is -0.125. The van der Waals surface area contributed by atoms with Gasteiger partial charge in [0, 0.05) is 32.8 Å². The van der Waals surface area contributed by atoms with Gasteiger partial charge in [0.15, 0.2) is 11.3 Å². The van der Waals surface area contributed by atoms with Gasteiger partial charge < -0.3 is 9.40 Å². The number of aromatic amines is 1. The number of hydrogen-bond acceptors (Lipinski definition) is 2. The van der Waals surface area contributed by atoms with E-state index in [9.17, 15) is 4.79 Å². The Morgan fingerprint density at radius 1 is 0.788 bits per heavy atom. The van der Waals surface area contributed by atoms with Gasteiger partial charge in [0.05, 0.1) is 5.52 Å². The molecule has 6 aromatic rings. The molecule has 0 radical (unpaired) electrons. The zero-order chi connectivity index (χ0) is 22.4. The van der Waals surface area contributed by atoms with E-state index in [4.69, 9.17) is 4.42 Å². The first kappa shape index (κ1) is 19.3. The lowest BCUT2D eigenvalue weighted by atomic mass is 10.0. The van der Waals surface area contributed by atoms with E-state index in [-0.39, 0.29) is 5.78 Å². The average molecular weight is 428 g/mol. The number of carbonyl (C=O) groups excluding carboxylic acids is 1. The smallest absolute Gasteiger partial charge is 0.228 e. The molecule has 0 aliphatic heterocycles. The van der Waals surface area contributed by atoms with E-state index in [1.807, 2.05) is 72.8 Å². The Morgan fingerprint density at radius 3 is 2.27 bits per heavy atom. The van der Waals surface area contributed by atoms with E-state index < -0.39 is 0 Å². The average Bonchev–Trinajstić information content (AvgIpc) is 3.41. The van der Waals surface area contributed by atoms with Crippen molar-refractivity contribution in [1.29, 1.82) is 0 Å². The first-order valence-corrected chi connectivity index (χ1v) is 11.0. The van der Waals surface area contributed by atoms with E-state index in [0.29, 0.717) is 16.9 Å². The summed E-state index contributed by atoms with van der Waals surface area (Å²) in [6.45, 7) is 2.08. The van der Waals surface area contributed by atoms with E-state index >= 15 is 0 Å². The number of aromatic nitrogens is 1. The minimum absolute atomic E-state index is 0.125. The molecule has 3 nitrogen and oxygen atoms in total. The highest BCUT2D eigenvalue weighted by Gasteiger charge is 2.22. The summed E-state index contributed by atoms with van der Waals surface area (Å²) in [5.41, 5.74) is 6.33. The van der Waals surface area contributed by atoms with Crippen molar-refractivity contribution in [2.45, 2.75) is 6.92 Å². The fourth-order valence-electron chi connectivity index (χ4n) is 4.46. The second-order valence-corrected chi connectivity index (χ2v) is 8.32. The van der Waals surface area contributed by atoms with Gasteiger partial charge >= 0.3 is 0 Å². The van der Waals surface area contributed by atoms with Crippen molar-refractivity contribution in [3.8, 4) is 0 Å². The molecule has 0 bridgehead atoms. The van der Waals surface area contributed by atoms with E-state index in [0.717, 1.165) is 38.3 Å². The highest BCUT2D eigenvalue weighted by molar-refractivity contribution is 6.20. The van der Waals surface area contributed by atoms with Gasteiger partial charge in [-0.15, -0.1) is 0 Å². The lowest BCUT2D eigenvalue weighted by molar-refractivity contribution is 0.101. The summed E-state index contributed by atoms with van der Waals surface area (Å²) in [4.78, 5) is 17.0. The predicted octanol–water partition coefficient (Wildman–Crippen LogP) is 7.78. The third kappa shape index (κ3) is 3.26. The number of carbonyl (C=O) groups is 1. The van der Waals surface area contributed by atoms with Crippen molar-refractivity contribution in [3.63, 3.8) is 0 Å². The van der Waals surface area contributed by atoms with E-state index in [2.05, 4.69) is 42.2 Å². The largest absolute Gasteiger partial charge is 0.450 e. The van der Waals surface area contributed by atoms with Gasteiger partial charge in [0.25, 0.3) is 0 Å². The van der Waals surface area contributed by atoms with Crippen LogP contribution in [0.2, 0.25) is 0 Å². The zero-order valence-electron chi connectivity index (χ0n) is 18.1. The van der Waals surface area contributed by atoms with Crippen LogP contribution in [0.15, 0.2) is 95.4 Å². The Labute approximate surface area is 191 Å². The predicted molar refractivity (Wildman–Crippen MR) is 136 cm³/mol. The molecule has 0 saturated heterocycles. The molecule has 33 heavy (non-hydrogen) atoms. The molecule has 2 aromatic heterocycles. The summed E-state index contributed by atoms with van der Waals surface area (Å²) in [5.74, 6) is 0.227. The molecule has 0 amide bonds. The van der Waals surface area contributed by atoms with Gasteiger partial charge in [0.2, 0.25) is 5.78 Å². The van der Waals surface area contributed by atoms with Crippen LogP contribution >= 0.6 is 0 Å². The van der Waals surface area contributed by atoms with Crippen molar-refractivity contribution < 1.29 is 9.21 Å². The Hall–Kier alpha value is -4.37. The van der Waals surface area contributed by atoms with E-state index in [1.165, 1.54) is 5.56 Å². The Kier molecular flexibility index (Phi) is 4.48. The standard InChI is InChI=1S/C30H21NO2/c1-19-12-14-22-23-16-17-24-25(15-13-20-8-4-2-5-9-20)30(28(32)21-10-6-3-7-11-21)33-29(24)27(23)31-26(22)18-19/h2-18,31H,1H3/b15-13+. The number of nitrogens with one attached hydrogen (secondary N) is 1. The summed E-state index contributed by atoms with van der Waals surface area (Å²) in [5, 5.41) is 3.15. The molecule has 0 fully saturated rings. The molecule has 0 aliphatic carbocycles. The molecule has 0 saturated carbocycles. The fraction of sp³-hybridized carbons (Fsp3) is 0.0333. The molecule has 0 atom stereocenters. The van der Waals surface area contributed by atoms with Crippen molar-refractivity contribution in [3.05, 3.63) is 119 Å². The Balaban J connectivity index is 1.62. The van der Waals surface area contributed by atoms with Gasteiger partial charge in [-0.2, -0.15) is 0 Å². The summed E-state index contributed by atoms with van der Waals surface area (Å²) >= 11 is 0. The van der Waals surface area contributed by atoms with Crippen molar-refractivity contribution in [2.75, 3.05) is 0 Å². The minimum Gasteiger partial charge on any atom is -0.450 e. The van der Waals surface area contributed by atoms with Crippen LogP contribution in [-0.4, -0.2) is 10.8 Å². The number of rotatable bonds is 4. The van der Waals surface area contributed by atoms with Crippen LogP contribution in [0, 0.1) is 6.92 Å². The molecule has 6 rings (SSSR count). The van der Waals surface area contributed by atoms with Crippen LogP contribution in [-0.2, 0) is 0 Å².